The fourth-order valence-corrected chi connectivity index (χ4v) is 3.01. The number of aryl methyl sites for hydroxylation is 1. The molecule has 7 heteroatoms. The largest absolute Gasteiger partial charge is 0.334 e. The van der Waals surface area contributed by atoms with Gasteiger partial charge in [-0.2, -0.15) is 4.98 Å². The van der Waals surface area contributed by atoms with Gasteiger partial charge < -0.3 is 9.42 Å². The van der Waals surface area contributed by atoms with Gasteiger partial charge in [-0.25, -0.2) is 4.39 Å². The summed E-state index contributed by atoms with van der Waals surface area (Å²) in [7, 11) is 0. The summed E-state index contributed by atoms with van der Waals surface area (Å²) in [4.78, 5) is 18.6. The third kappa shape index (κ3) is 4.49. The Kier molecular flexibility index (Phi) is 5.81. The average Bonchev–Trinajstić information content (AvgIpc) is 3.10. The van der Waals surface area contributed by atoms with Crippen LogP contribution in [0.4, 0.5) is 4.39 Å². The minimum atomic E-state index is -0.359. The number of nitrogens with zero attached hydrogens (tertiary/aromatic N) is 3. The second-order valence-corrected chi connectivity index (χ2v) is 6.85. The molecule has 27 heavy (non-hydrogen) atoms. The van der Waals surface area contributed by atoms with Crippen LogP contribution in [0.2, 0.25) is 0 Å². The normalized spacial score (nSPS) is 10.6. The number of rotatable bonds is 6. The van der Waals surface area contributed by atoms with E-state index in [1.54, 1.807) is 49.4 Å². The van der Waals surface area contributed by atoms with Gasteiger partial charge in [-0.3, -0.25) is 4.79 Å². The highest BCUT2D eigenvalue weighted by Crippen LogP contribution is 2.21. The van der Waals surface area contributed by atoms with E-state index in [1.807, 2.05) is 0 Å². The lowest BCUT2D eigenvalue weighted by atomic mass is 10.1. The Labute approximate surface area is 164 Å². The molecule has 0 aliphatic heterocycles. The Bertz CT molecular complexity index is 970. The highest BCUT2D eigenvalue weighted by Gasteiger charge is 2.17. The third-order valence-corrected chi connectivity index (χ3v) is 4.41. The molecule has 0 aliphatic carbocycles. The Morgan fingerprint density at radius 1 is 1.30 bits per heavy atom. The maximum absolute atomic E-state index is 14.1. The van der Waals surface area contributed by atoms with Gasteiger partial charge in [0.25, 0.3) is 11.8 Å². The van der Waals surface area contributed by atoms with E-state index in [-0.39, 0.29) is 18.3 Å². The van der Waals surface area contributed by atoms with E-state index in [9.17, 15) is 9.18 Å². The fraction of sp³-hybridized carbons (Fsp3) is 0.150. The molecule has 0 spiro atoms. The monoisotopic (exact) mass is 429 g/mol. The van der Waals surface area contributed by atoms with Crippen LogP contribution in [0.15, 0.2) is 64.1 Å². The molecule has 0 saturated carbocycles. The van der Waals surface area contributed by atoms with Crippen molar-refractivity contribution >= 4 is 21.8 Å². The van der Waals surface area contributed by atoms with E-state index in [1.165, 1.54) is 11.0 Å². The summed E-state index contributed by atoms with van der Waals surface area (Å²) in [6.45, 7) is 5.87. The minimum absolute atomic E-state index is 0.140. The molecule has 0 N–H and O–H groups in total. The Morgan fingerprint density at radius 3 is 2.67 bits per heavy atom. The van der Waals surface area contributed by atoms with Crippen LogP contribution in [0, 0.1) is 12.7 Å². The minimum Gasteiger partial charge on any atom is -0.334 e. The molecular formula is C20H17BrFN3O2. The molecule has 2 aromatic carbocycles. The number of hydrogen-bond acceptors (Lipinski definition) is 4. The summed E-state index contributed by atoms with van der Waals surface area (Å²) in [5, 5.41) is 3.75. The molecule has 0 fully saturated rings. The molecule has 0 saturated heterocycles. The van der Waals surface area contributed by atoms with Crippen LogP contribution in [0.25, 0.3) is 11.5 Å². The lowest BCUT2D eigenvalue weighted by molar-refractivity contribution is 0.0761. The van der Waals surface area contributed by atoms with Crippen LogP contribution in [-0.4, -0.2) is 27.5 Å². The zero-order valence-corrected chi connectivity index (χ0v) is 16.2. The lowest BCUT2D eigenvalue weighted by Gasteiger charge is -2.22. The van der Waals surface area contributed by atoms with Gasteiger partial charge in [-0.1, -0.05) is 27.2 Å². The predicted octanol–water partition coefficient (Wildman–Crippen LogP) is 4.78. The predicted molar refractivity (Wildman–Crippen MR) is 104 cm³/mol. The quantitative estimate of drug-likeness (QED) is 0.529. The number of aromatic nitrogens is 2. The first-order chi connectivity index (χ1) is 13.0. The molecule has 0 radical (unpaired) electrons. The molecule has 0 atom stereocenters. The Balaban J connectivity index is 1.82. The summed E-state index contributed by atoms with van der Waals surface area (Å²) in [5.74, 6) is 0.355. The highest BCUT2D eigenvalue weighted by atomic mass is 79.9. The first-order valence-corrected chi connectivity index (χ1v) is 9.02. The van der Waals surface area contributed by atoms with Crippen molar-refractivity contribution in [2.75, 3.05) is 6.54 Å². The van der Waals surface area contributed by atoms with Crippen molar-refractivity contribution in [3.63, 3.8) is 0 Å². The van der Waals surface area contributed by atoms with E-state index in [0.717, 1.165) is 10.0 Å². The van der Waals surface area contributed by atoms with Crippen LogP contribution >= 0.6 is 15.9 Å². The van der Waals surface area contributed by atoms with Gasteiger partial charge in [0, 0.05) is 34.3 Å². The lowest BCUT2D eigenvalue weighted by Crippen LogP contribution is -2.31. The first-order valence-electron chi connectivity index (χ1n) is 8.23. The molecule has 0 unspecified atom stereocenters. The van der Waals surface area contributed by atoms with E-state index >= 15 is 0 Å². The summed E-state index contributed by atoms with van der Waals surface area (Å²) in [6.07, 6.45) is 1.61. The van der Waals surface area contributed by atoms with Crippen LogP contribution in [0.1, 0.15) is 21.7 Å². The summed E-state index contributed by atoms with van der Waals surface area (Å²) < 4.78 is 19.9. The van der Waals surface area contributed by atoms with Gasteiger partial charge >= 0.3 is 0 Å². The van der Waals surface area contributed by atoms with Crippen LogP contribution in [-0.2, 0) is 6.54 Å². The standard InChI is InChI=1S/C20H17BrFN3O2/c1-3-10-25(12-16-11-17(21)8-9-18(16)22)20(26)15-6-4-14(5-7-15)19-23-13(2)24-27-19/h3-9,11H,1,10,12H2,2H3. The van der Waals surface area contributed by atoms with E-state index in [0.29, 0.717) is 29.4 Å². The smallest absolute Gasteiger partial charge is 0.257 e. The molecule has 0 bridgehead atoms. The van der Waals surface area contributed by atoms with Crippen LogP contribution in [0.3, 0.4) is 0 Å². The second kappa shape index (κ2) is 8.26. The molecule has 1 aromatic heterocycles. The van der Waals surface area contributed by atoms with Gasteiger partial charge in [0.2, 0.25) is 0 Å². The van der Waals surface area contributed by atoms with Crippen molar-refractivity contribution in [2.45, 2.75) is 13.5 Å². The highest BCUT2D eigenvalue weighted by molar-refractivity contribution is 9.10. The van der Waals surface area contributed by atoms with Crippen molar-refractivity contribution in [3.8, 4) is 11.5 Å². The maximum Gasteiger partial charge on any atom is 0.257 e. The number of amides is 1. The van der Waals surface area contributed by atoms with Crippen LogP contribution < -0.4 is 0 Å². The van der Waals surface area contributed by atoms with E-state index in [4.69, 9.17) is 4.52 Å². The summed E-state index contributed by atoms with van der Waals surface area (Å²) >= 11 is 3.33. The first kappa shape index (κ1) is 19.0. The number of benzene rings is 2. The molecular weight excluding hydrogens is 413 g/mol. The zero-order chi connectivity index (χ0) is 19.4. The third-order valence-electron chi connectivity index (χ3n) is 3.91. The zero-order valence-electron chi connectivity index (χ0n) is 14.7. The molecule has 1 amide bonds. The van der Waals surface area contributed by atoms with Gasteiger partial charge in [-0.05, 0) is 49.4 Å². The van der Waals surface area contributed by atoms with Crippen molar-refractivity contribution in [3.05, 3.63) is 82.4 Å². The second-order valence-electron chi connectivity index (χ2n) is 5.93. The molecule has 3 rings (SSSR count). The molecule has 5 nitrogen and oxygen atoms in total. The SMILES string of the molecule is C=CCN(Cc1cc(Br)ccc1F)C(=O)c1ccc(-c2nc(C)no2)cc1. The topological polar surface area (TPSA) is 59.2 Å². The fourth-order valence-electron chi connectivity index (χ4n) is 2.60. The van der Waals surface area contributed by atoms with Crippen LogP contribution in [0.5, 0.6) is 0 Å². The van der Waals surface area contributed by atoms with Crippen molar-refractivity contribution in [1.82, 2.24) is 15.0 Å². The summed E-state index contributed by atoms with van der Waals surface area (Å²) in [5.41, 5.74) is 1.63. The van der Waals surface area contributed by atoms with Gasteiger partial charge in [0.15, 0.2) is 5.82 Å². The van der Waals surface area contributed by atoms with Crippen molar-refractivity contribution < 1.29 is 13.7 Å². The number of halogens is 2. The Morgan fingerprint density at radius 2 is 2.04 bits per heavy atom. The maximum atomic E-state index is 14.1. The van der Waals surface area contributed by atoms with Gasteiger partial charge in [0.05, 0.1) is 0 Å². The molecule has 0 aliphatic rings. The van der Waals surface area contributed by atoms with Gasteiger partial charge in [0.1, 0.15) is 5.82 Å². The van der Waals surface area contributed by atoms with Crippen molar-refractivity contribution in [1.29, 1.82) is 0 Å². The van der Waals surface area contributed by atoms with Gasteiger partial charge in [-0.15, -0.1) is 6.58 Å². The summed E-state index contributed by atoms with van der Waals surface area (Å²) in [6, 6.07) is 11.5. The number of carbonyl (C=O) groups excluding carboxylic acids is 1. The molecule has 3 aromatic rings. The number of carbonyl (C=O) groups is 1. The number of hydrogen-bond donors (Lipinski definition) is 0. The average molecular weight is 430 g/mol. The van der Waals surface area contributed by atoms with Crippen molar-refractivity contribution in [2.24, 2.45) is 0 Å². The van der Waals surface area contributed by atoms with E-state index < -0.39 is 0 Å². The molecule has 1 heterocycles. The van der Waals surface area contributed by atoms with E-state index in [2.05, 4.69) is 32.6 Å². The Hall–Kier alpha value is -2.80. The molecule has 138 valence electrons.